The van der Waals surface area contributed by atoms with Gasteiger partial charge in [-0.25, -0.2) is 18.3 Å². The molecular formula is C26H26F2N6O. The van der Waals surface area contributed by atoms with Crippen LogP contribution in [-0.4, -0.2) is 47.4 Å². The summed E-state index contributed by atoms with van der Waals surface area (Å²) in [5.41, 5.74) is 10.9. The minimum absolute atomic E-state index is 0.271. The van der Waals surface area contributed by atoms with Crippen LogP contribution in [0.1, 0.15) is 24.4 Å². The average Bonchev–Trinajstić information content (AvgIpc) is 3.53. The second kappa shape index (κ2) is 8.81. The first kappa shape index (κ1) is 21.8. The van der Waals surface area contributed by atoms with Gasteiger partial charge < -0.3 is 20.3 Å². The number of aromatic nitrogens is 3. The molecule has 0 radical (unpaired) electrons. The van der Waals surface area contributed by atoms with Crippen molar-refractivity contribution in [1.82, 2.24) is 14.6 Å². The second-order valence-corrected chi connectivity index (χ2v) is 9.00. The summed E-state index contributed by atoms with van der Waals surface area (Å²) in [6, 6.07) is 13.1. The Hall–Kier alpha value is -3.72. The Morgan fingerprint density at radius 2 is 1.83 bits per heavy atom. The van der Waals surface area contributed by atoms with E-state index in [2.05, 4.69) is 16.0 Å². The lowest BCUT2D eigenvalue weighted by molar-refractivity contribution is 0.123. The number of rotatable bonds is 4. The fourth-order valence-electron chi connectivity index (χ4n) is 5.13. The zero-order chi connectivity index (χ0) is 23.9. The Bertz CT molecular complexity index is 1380. The van der Waals surface area contributed by atoms with Crippen molar-refractivity contribution in [3.8, 4) is 11.3 Å². The van der Waals surface area contributed by atoms with Crippen LogP contribution in [-0.2, 0) is 4.74 Å². The van der Waals surface area contributed by atoms with Gasteiger partial charge in [0.25, 0.3) is 0 Å². The second-order valence-electron chi connectivity index (χ2n) is 9.00. The zero-order valence-electron chi connectivity index (χ0n) is 19.2. The molecule has 2 fully saturated rings. The molecule has 7 nitrogen and oxygen atoms in total. The van der Waals surface area contributed by atoms with Gasteiger partial charge in [0.1, 0.15) is 17.5 Å². The number of fused-ring (bicyclic) bond motifs is 1. The number of benzene rings is 2. The number of nitrogens with two attached hydrogens (primary N) is 1. The first-order chi connectivity index (χ1) is 17.1. The molecule has 2 N–H and O–H groups in total. The van der Waals surface area contributed by atoms with Crippen molar-refractivity contribution < 1.29 is 13.5 Å². The summed E-state index contributed by atoms with van der Waals surface area (Å²) in [6.45, 7) is 3.64. The summed E-state index contributed by atoms with van der Waals surface area (Å²) in [5.74, 6) is -0.134. The summed E-state index contributed by atoms with van der Waals surface area (Å²) >= 11 is 0. The van der Waals surface area contributed by atoms with Crippen LogP contribution in [0.3, 0.4) is 0 Å². The standard InChI is InChI=1S/C26H26F2N6O/c27-18-4-5-20(28)19(15-18)22-2-1-9-33(22)26-8-7-25-30-16-24(34(25)31-26)17-3-6-21(29)23(14-17)32-10-12-35-13-11-32/h3-8,14-16,22H,1-2,9-13,29H2. The quantitative estimate of drug-likeness (QED) is 0.439. The molecule has 2 aliphatic heterocycles. The van der Waals surface area contributed by atoms with Gasteiger partial charge in [0.15, 0.2) is 5.65 Å². The van der Waals surface area contributed by atoms with Crippen LogP contribution < -0.4 is 15.5 Å². The van der Waals surface area contributed by atoms with Crippen LogP contribution in [0.5, 0.6) is 0 Å². The van der Waals surface area contributed by atoms with Crippen LogP contribution in [0.2, 0.25) is 0 Å². The number of nitrogens with zero attached hydrogens (tertiary/aromatic N) is 5. The molecule has 35 heavy (non-hydrogen) atoms. The van der Waals surface area contributed by atoms with Gasteiger partial charge in [-0.15, -0.1) is 5.10 Å². The smallest absolute Gasteiger partial charge is 0.154 e. The first-order valence-corrected chi connectivity index (χ1v) is 11.9. The molecular weight excluding hydrogens is 450 g/mol. The monoisotopic (exact) mass is 476 g/mol. The molecule has 0 saturated carbocycles. The minimum Gasteiger partial charge on any atom is -0.397 e. The van der Waals surface area contributed by atoms with E-state index in [0.717, 1.165) is 54.6 Å². The molecule has 9 heteroatoms. The summed E-state index contributed by atoms with van der Waals surface area (Å²) in [4.78, 5) is 8.81. The predicted molar refractivity (Wildman–Crippen MR) is 132 cm³/mol. The van der Waals surface area contributed by atoms with Gasteiger partial charge >= 0.3 is 0 Å². The third-order valence-corrected chi connectivity index (χ3v) is 6.89. The maximum atomic E-state index is 14.6. The number of halogens is 2. The van der Waals surface area contributed by atoms with Crippen LogP contribution in [0.4, 0.5) is 26.0 Å². The Kier molecular flexibility index (Phi) is 5.49. The minimum atomic E-state index is -0.437. The molecule has 2 saturated heterocycles. The highest BCUT2D eigenvalue weighted by atomic mass is 19.1. The number of ether oxygens (including phenoxy) is 1. The molecule has 1 unspecified atom stereocenters. The van der Waals surface area contributed by atoms with Crippen LogP contribution in [0.25, 0.3) is 16.9 Å². The highest BCUT2D eigenvalue weighted by molar-refractivity contribution is 5.76. The normalized spacial score (nSPS) is 18.5. The van der Waals surface area contributed by atoms with Crippen LogP contribution >= 0.6 is 0 Å². The lowest BCUT2D eigenvalue weighted by Gasteiger charge is -2.30. The van der Waals surface area contributed by atoms with Gasteiger partial charge in [-0.2, -0.15) is 0 Å². The van der Waals surface area contributed by atoms with E-state index in [0.29, 0.717) is 36.8 Å². The van der Waals surface area contributed by atoms with Crippen molar-refractivity contribution in [1.29, 1.82) is 0 Å². The number of anilines is 3. The van der Waals surface area contributed by atoms with Crippen LogP contribution in [0, 0.1) is 11.6 Å². The van der Waals surface area contributed by atoms with E-state index in [1.54, 1.807) is 10.7 Å². The third-order valence-electron chi connectivity index (χ3n) is 6.89. The average molecular weight is 477 g/mol. The van der Waals surface area contributed by atoms with Gasteiger partial charge in [-0.1, -0.05) is 6.07 Å². The fraction of sp³-hybridized carbons (Fsp3) is 0.308. The molecule has 2 aliphatic rings. The summed E-state index contributed by atoms with van der Waals surface area (Å²) in [5, 5.41) is 4.89. The molecule has 0 bridgehead atoms. The highest BCUT2D eigenvalue weighted by Crippen LogP contribution is 2.37. The van der Waals surface area contributed by atoms with E-state index in [4.69, 9.17) is 15.6 Å². The van der Waals surface area contributed by atoms with Crippen molar-refractivity contribution in [2.45, 2.75) is 18.9 Å². The number of imidazole rings is 1. The van der Waals surface area contributed by atoms with E-state index < -0.39 is 11.6 Å². The van der Waals surface area contributed by atoms with E-state index in [1.165, 1.54) is 12.1 Å². The van der Waals surface area contributed by atoms with Gasteiger partial charge in [-0.3, -0.25) is 0 Å². The van der Waals surface area contributed by atoms with Gasteiger partial charge in [0, 0.05) is 30.8 Å². The van der Waals surface area contributed by atoms with Gasteiger partial charge in [0.05, 0.1) is 42.5 Å². The van der Waals surface area contributed by atoms with Gasteiger partial charge in [0.2, 0.25) is 0 Å². The Labute approximate surface area is 201 Å². The molecule has 0 spiro atoms. The molecule has 4 heterocycles. The Morgan fingerprint density at radius 1 is 0.971 bits per heavy atom. The van der Waals surface area contributed by atoms with E-state index in [1.807, 2.05) is 29.2 Å². The van der Waals surface area contributed by atoms with Crippen molar-refractivity contribution in [3.05, 3.63) is 71.9 Å². The first-order valence-electron chi connectivity index (χ1n) is 11.9. The predicted octanol–water partition coefficient (Wildman–Crippen LogP) is 4.43. The maximum absolute atomic E-state index is 14.6. The summed E-state index contributed by atoms with van der Waals surface area (Å²) < 4.78 is 35.8. The number of morpholine rings is 1. The lowest BCUT2D eigenvalue weighted by Crippen LogP contribution is -2.36. The highest BCUT2D eigenvalue weighted by Gasteiger charge is 2.30. The topological polar surface area (TPSA) is 71.9 Å². The largest absolute Gasteiger partial charge is 0.397 e. The lowest BCUT2D eigenvalue weighted by atomic mass is 10.0. The molecule has 0 amide bonds. The SMILES string of the molecule is Nc1ccc(-c2cnc3ccc(N4CCCC4c4cc(F)ccc4F)nn23)cc1N1CCOCC1. The molecule has 6 rings (SSSR count). The fourth-order valence-corrected chi connectivity index (χ4v) is 5.13. The Balaban J connectivity index is 1.38. The number of hydrogen-bond acceptors (Lipinski definition) is 6. The zero-order valence-corrected chi connectivity index (χ0v) is 19.2. The van der Waals surface area contributed by atoms with E-state index in [-0.39, 0.29) is 6.04 Å². The van der Waals surface area contributed by atoms with Crippen molar-refractivity contribution in [2.75, 3.05) is 48.4 Å². The maximum Gasteiger partial charge on any atom is 0.154 e. The van der Waals surface area contributed by atoms with Crippen molar-refractivity contribution in [2.24, 2.45) is 0 Å². The molecule has 1 atom stereocenters. The van der Waals surface area contributed by atoms with Gasteiger partial charge in [-0.05, 0) is 55.3 Å². The van der Waals surface area contributed by atoms with Crippen LogP contribution in [0.15, 0.2) is 54.7 Å². The van der Waals surface area contributed by atoms with Crippen molar-refractivity contribution in [3.63, 3.8) is 0 Å². The number of nitrogen functional groups attached to an aromatic ring is 1. The third kappa shape index (κ3) is 3.95. The molecule has 4 aromatic rings. The number of hydrogen-bond donors (Lipinski definition) is 1. The van der Waals surface area contributed by atoms with Crippen molar-refractivity contribution >= 4 is 22.8 Å². The molecule has 2 aromatic heterocycles. The summed E-state index contributed by atoms with van der Waals surface area (Å²) in [7, 11) is 0. The summed E-state index contributed by atoms with van der Waals surface area (Å²) in [6.07, 6.45) is 3.41. The van der Waals surface area contributed by atoms with E-state index in [9.17, 15) is 8.78 Å². The molecule has 0 aliphatic carbocycles. The molecule has 2 aromatic carbocycles. The Morgan fingerprint density at radius 3 is 2.69 bits per heavy atom. The molecule has 180 valence electrons. The van der Waals surface area contributed by atoms with E-state index >= 15 is 0 Å².